The first kappa shape index (κ1) is 9.05. The molecule has 0 aromatic heterocycles. The number of hydrogen-bond donors (Lipinski definition) is 1. The lowest BCUT2D eigenvalue weighted by atomic mass is 9.67. The third kappa shape index (κ3) is 1.72. The van der Waals surface area contributed by atoms with Crippen LogP contribution in [0.5, 0.6) is 0 Å². The summed E-state index contributed by atoms with van der Waals surface area (Å²) in [5.41, 5.74) is 5.99. The van der Waals surface area contributed by atoms with Crippen molar-refractivity contribution in [1.82, 2.24) is 4.90 Å². The first-order valence-electron chi connectivity index (χ1n) is 5.19. The van der Waals surface area contributed by atoms with Gasteiger partial charge in [0.05, 0.1) is 0 Å². The molecule has 2 atom stereocenters. The predicted octanol–water partition coefficient (Wildman–Crippen LogP) is 0.679. The van der Waals surface area contributed by atoms with E-state index in [1.807, 2.05) is 6.92 Å². The van der Waals surface area contributed by atoms with Gasteiger partial charge in [-0.3, -0.25) is 0 Å². The molecule has 0 radical (unpaired) electrons. The average molecular weight is 178 g/mol. The fourth-order valence-electron chi connectivity index (χ4n) is 2.54. The number of rotatable bonds is 2. The number of nitrogens with two attached hydrogens (primary N) is 1. The topological polar surface area (TPSA) is 29.3 Å². The largest absolute Gasteiger partial charge is 0.327 e. The fraction of sp³-hybridized carbons (Fsp3) is 0.818. The molecule has 2 unspecified atom stereocenters. The second kappa shape index (κ2) is 3.69. The minimum absolute atomic E-state index is 0.508. The molecule has 0 spiro atoms. The molecule has 2 aliphatic heterocycles. The molecule has 1 aliphatic carbocycles. The van der Waals surface area contributed by atoms with Crippen molar-refractivity contribution in [3.05, 3.63) is 0 Å². The van der Waals surface area contributed by atoms with Crippen LogP contribution in [0.2, 0.25) is 0 Å². The van der Waals surface area contributed by atoms with E-state index in [4.69, 9.17) is 5.73 Å². The van der Waals surface area contributed by atoms with Crippen LogP contribution in [0.1, 0.15) is 19.8 Å². The first-order chi connectivity index (χ1) is 6.31. The maximum absolute atomic E-state index is 5.99. The Morgan fingerprint density at radius 2 is 2.08 bits per heavy atom. The van der Waals surface area contributed by atoms with Crippen molar-refractivity contribution in [2.75, 3.05) is 19.6 Å². The zero-order chi connectivity index (χ0) is 9.26. The summed E-state index contributed by atoms with van der Waals surface area (Å²) in [7, 11) is 0. The lowest BCUT2D eigenvalue weighted by molar-refractivity contribution is 0.00414. The van der Waals surface area contributed by atoms with Gasteiger partial charge in [-0.15, -0.1) is 11.8 Å². The number of fused-ring (bicyclic) bond motifs is 2. The summed E-state index contributed by atoms with van der Waals surface area (Å²) in [5.74, 6) is 7.62. The third-order valence-corrected chi connectivity index (χ3v) is 3.41. The Balaban J connectivity index is 1.75. The van der Waals surface area contributed by atoms with E-state index in [0.717, 1.165) is 24.8 Å². The van der Waals surface area contributed by atoms with Gasteiger partial charge in [-0.1, -0.05) is 0 Å². The van der Waals surface area contributed by atoms with Gasteiger partial charge >= 0.3 is 0 Å². The molecule has 2 nitrogen and oxygen atoms in total. The summed E-state index contributed by atoms with van der Waals surface area (Å²) in [6.07, 6.45) is 2.39. The van der Waals surface area contributed by atoms with E-state index >= 15 is 0 Å². The van der Waals surface area contributed by atoms with Crippen LogP contribution in [0.25, 0.3) is 0 Å². The van der Waals surface area contributed by atoms with Gasteiger partial charge in [-0.05, 0) is 25.2 Å². The normalized spacial score (nSPS) is 37.5. The number of piperidine rings is 2. The van der Waals surface area contributed by atoms with Gasteiger partial charge in [0.25, 0.3) is 0 Å². The molecule has 1 saturated carbocycles. The molecule has 2 N–H and O–H groups in total. The molecule has 2 heteroatoms. The Labute approximate surface area is 80.5 Å². The smallest absolute Gasteiger partial charge is 0.0216 e. The highest BCUT2D eigenvalue weighted by atomic mass is 15.2. The Morgan fingerprint density at radius 3 is 2.62 bits per heavy atom. The van der Waals surface area contributed by atoms with E-state index in [9.17, 15) is 0 Å². The monoisotopic (exact) mass is 178 g/mol. The van der Waals surface area contributed by atoms with Crippen molar-refractivity contribution in [1.29, 1.82) is 0 Å². The molecule has 3 rings (SSSR count). The van der Waals surface area contributed by atoms with Gasteiger partial charge in [-0.2, -0.15) is 0 Å². The molecule has 2 heterocycles. The Hall–Kier alpha value is -0.520. The van der Waals surface area contributed by atoms with Gasteiger partial charge in [0, 0.05) is 32.1 Å². The third-order valence-electron chi connectivity index (χ3n) is 3.41. The van der Waals surface area contributed by atoms with Crippen molar-refractivity contribution < 1.29 is 0 Å². The van der Waals surface area contributed by atoms with Crippen LogP contribution in [-0.4, -0.2) is 30.6 Å². The van der Waals surface area contributed by atoms with Gasteiger partial charge < -0.3 is 10.6 Å². The maximum Gasteiger partial charge on any atom is 0.0216 e. The van der Waals surface area contributed by atoms with E-state index in [2.05, 4.69) is 16.7 Å². The lowest BCUT2D eigenvalue weighted by Gasteiger charge is -2.52. The minimum Gasteiger partial charge on any atom is -0.327 e. The summed E-state index contributed by atoms with van der Waals surface area (Å²) >= 11 is 0. The summed E-state index contributed by atoms with van der Waals surface area (Å²) in [5, 5.41) is 0. The maximum atomic E-state index is 5.99. The van der Waals surface area contributed by atoms with Crippen molar-refractivity contribution in [3.63, 3.8) is 0 Å². The van der Waals surface area contributed by atoms with Gasteiger partial charge in [-0.25, -0.2) is 0 Å². The molecule has 3 fully saturated rings. The van der Waals surface area contributed by atoms with E-state index in [0.29, 0.717) is 6.04 Å². The summed E-state index contributed by atoms with van der Waals surface area (Å²) in [4.78, 5) is 2.52. The minimum atomic E-state index is 0.508. The Bertz CT molecular complexity index is 226. The van der Waals surface area contributed by atoms with Gasteiger partial charge in [0.1, 0.15) is 0 Å². The lowest BCUT2D eigenvalue weighted by Crippen LogP contribution is -2.61. The average Bonchev–Trinajstić information content (AvgIpc) is 2.18. The summed E-state index contributed by atoms with van der Waals surface area (Å²) in [6, 6.07) is 0.508. The molecular weight excluding hydrogens is 160 g/mol. The summed E-state index contributed by atoms with van der Waals surface area (Å²) in [6.45, 7) is 5.47. The van der Waals surface area contributed by atoms with Crippen molar-refractivity contribution in [2.24, 2.45) is 17.6 Å². The van der Waals surface area contributed by atoms with Crippen molar-refractivity contribution >= 4 is 0 Å². The van der Waals surface area contributed by atoms with Crippen LogP contribution in [0.3, 0.4) is 0 Å². The number of nitrogens with zero attached hydrogens (tertiary/aromatic N) is 1. The molecule has 2 saturated heterocycles. The quantitative estimate of drug-likeness (QED) is 0.630. The van der Waals surface area contributed by atoms with E-state index in [1.165, 1.54) is 19.5 Å². The zero-order valence-electron chi connectivity index (χ0n) is 8.29. The van der Waals surface area contributed by atoms with E-state index < -0.39 is 0 Å². The SMILES string of the molecule is CC#CCCN1CC2CC(C1)C2N. The van der Waals surface area contributed by atoms with E-state index in [1.54, 1.807) is 0 Å². The molecule has 72 valence electrons. The molecule has 0 aromatic carbocycles. The first-order valence-corrected chi connectivity index (χ1v) is 5.19. The van der Waals surface area contributed by atoms with E-state index in [-0.39, 0.29) is 0 Å². The van der Waals surface area contributed by atoms with Crippen LogP contribution in [-0.2, 0) is 0 Å². The van der Waals surface area contributed by atoms with Crippen molar-refractivity contribution in [2.45, 2.75) is 25.8 Å². The molecular formula is C11H18N2. The summed E-state index contributed by atoms with van der Waals surface area (Å²) < 4.78 is 0. The zero-order valence-corrected chi connectivity index (χ0v) is 8.29. The molecule has 0 amide bonds. The highest BCUT2D eigenvalue weighted by molar-refractivity contribution is 5.01. The Kier molecular flexibility index (Phi) is 2.57. The molecule has 3 aliphatic rings. The van der Waals surface area contributed by atoms with Crippen molar-refractivity contribution in [3.8, 4) is 11.8 Å². The highest BCUT2D eigenvalue weighted by Crippen LogP contribution is 2.38. The standard InChI is InChI=1S/C11H18N2/c1-2-3-4-5-13-7-9-6-10(8-13)11(9)12/h9-11H,4-8,12H2,1H3. The Morgan fingerprint density at radius 1 is 1.38 bits per heavy atom. The van der Waals surface area contributed by atoms with Crippen LogP contribution < -0.4 is 5.73 Å². The van der Waals surface area contributed by atoms with Gasteiger partial charge in [0.15, 0.2) is 0 Å². The van der Waals surface area contributed by atoms with Crippen LogP contribution in [0.4, 0.5) is 0 Å². The number of hydrogen-bond acceptors (Lipinski definition) is 2. The predicted molar refractivity (Wildman–Crippen MR) is 54.1 cm³/mol. The second-order valence-electron chi connectivity index (χ2n) is 4.27. The molecule has 0 aromatic rings. The van der Waals surface area contributed by atoms with Crippen LogP contribution in [0, 0.1) is 23.7 Å². The molecule has 13 heavy (non-hydrogen) atoms. The van der Waals surface area contributed by atoms with Gasteiger partial charge in [0.2, 0.25) is 0 Å². The molecule has 2 bridgehead atoms. The fourth-order valence-corrected chi connectivity index (χ4v) is 2.54. The van der Waals surface area contributed by atoms with Crippen LogP contribution in [0.15, 0.2) is 0 Å². The highest BCUT2D eigenvalue weighted by Gasteiger charge is 2.43. The van der Waals surface area contributed by atoms with Crippen LogP contribution >= 0.6 is 0 Å². The second-order valence-corrected chi connectivity index (χ2v) is 4.27.